The molecule has 0 spiro atoms. The topological polar surface area (TPSA) is 72.9 Å². The van der Waals surface area contributed by atoms with Crippen molar-refractivity contribution in [3.63, 3.8) is 0 Å². The molecule has 3 N–H and O–H groups in total. The lowest BCUT2D eigenvalue weighted by Gasteiger charge is -2.29. The van der Waals surface area contributed by atoms with Crippen molar-refractivity contribution in [2.45, 2.75) is 57.5 Å². The molecule has 1 amide bonds. The Morgan fingerprint density at radius 3 is 2.71 bits per heavy atom. The van der Waals surface area contributed by atoms with Gasteiger partial charge in [-0.3, -0.25) is 4.79 Å². The van der Waals surface area contributed by atoms with E-state index in [2.05, 4.69) is 24.4 Å². The van der Waals surface area contributed by atoms with Gasteiger partial charge in [0.05, 0.1) is 11.4 Å². The Kier molecular flexibility index (Phi) is 6.26. The number of hydrogen-bond acceptors (Lipinski definition) is 4. The zero-order valence-corrected chi connectivity index (χ0v) is 21.4. The van der Waals surface area contributed by atoms with Gasteiger partial charge in [0.15, 0.2) is 0 Å². The third-order valence-corrected chi connectivity index (χ3v) is 8.57. The van der Waals surface area contributed by atoms with Gasteiger partial charge < -0.3 is 11.1 Å². The molecule has 7 heteroatoms. The summed E-state index contributed by atoms with van der Waals surface area (Å²) in [5, 5.41) is 8.35. The molecule has 1 aliphatic carbocycles. The first-order valence-corrected chi connectivity index (χ1v) is 13.4. The van der Waals surface area contributed by atoms with Crippen molar-refractivity contribution in [2.75, 3.05) is 11.5 Å². The number of halogens is 1. The van der Waals surface area contributed by atoms with E-state index in [1.807, 2.05) is 42.4 Å². The summed E-state index contributed by atoms with van der Waals surface area (Å²) < 4.78 is 15.6. The maximum atomic E-state index is 13.7. The Morgan fingerprint density at radius 2 is 2.03 bits per heavy atom. The number of nitrogens with two attached hydrogens (primary N) is 1. The van der Waals surface area contributed by atoms with Gasteiger partial charge in [-0.25, -0.2) is 9.07 Å². The minimum Gasteiger partial charge on any atom is -0.350 e. The van der Waals surface area contributed by atoms with Crippen LogP contribution in [0.4, 0.5) is 4.39 Å². The van der Waals surface area contributed by atoms with Crippen LogP contribution in [0.2, 0.25) is 0 Å². The first-order valence-electron chi connectivity index (χ1n) is 12.3. The second kappa shape index (κ2) is 9.10. The molecular weight excluding hydrogens is 459 g/mol. The number of hydrogen-bond donors (Lipinski definition) is 2. The summed E-state index contributed by atoms with van der Waals surface area (Å²) in [7, 11) is 0. The highest BCUT2D eigenvalue weighted by Gasteiger charge is 2.36. The quantitative estimate of drug-likeness (QED) is 0.526. The van der Waals surface area contributed by atoms with Gasteiger partial charge in [-0.2, -0.15) is 16.9 Å². The van der Waals surface area contributed by atoms with Crippen LogP contribution in [0.25, 0.3) is 16.9 Å². The molecule has 2 unspecified atom stereocenters. The van der Waals surface area contributed by atoms with Crippen molar-refractivity contribution in [2.24, 2.45) is 11.7 Å². The maximum absolute atomic E-state index is 13.7. The second-order valence-electron chi connectivity index (χ2n) is 10.8. The summed E-state index contributed by atoms with van der Waals surface area (Å²) in [5.74, 6) is 1.78. The Bertz CT molecular complexity index is 1240. The second-order valence-corrected chi connectivity index (χ2v) is 11.9. The molecule has 1 saturated heterocycles. The number of carbonyl (C=O) groups is 1. The molecule has 2 atom stereocenters. The monoisotopic (exact) mass is 492 g/mol. The molecule has 2 aliphatic rings. The minimum absolute atomic E-state index is 0.108. The summed E-state index contributed by atoms with van der Waals surface area (Å²) in [6.07, 6.45) is 3.17. The number of amides is 1. The van der Waals surface area contributed by atoms with Gasteiger partial charge >= 0.3 is 0 Å². The minimum atomic E-state index is -0.465. The van der Waals surface area contributed by atoms with E-state index in [0.717, 1.165) is 64.5 Å². The van der Waals surface area contributed by atoms with Crippen LogP contribution in [0.1, 0.15) is 50.4 Å². The fourth-order valence-corrected chi connectivity index (χ4v) is 6.50. The number of benzene rings is 2. The Labute approximate surface area is 210 Å². The van der Waals surface area contributed by atoms with Gasteiger partial charge in [0.2, 0.25) is 5.91 Å². The normalized spacial score (nSPS) is 22.1. The van der Waals surface area contributed by atoms with Gasteiger partial charge in [0.1, 0.15) is 5.82 Å². The van der Waals surface area contributed by atoms with Crippen LogP contribution in [0.5, 0.6) is 0 Å². The number of thioether (sulfide) groups is 1. The van der Waals surface area contributed by atoms with Crippen molar-refractivity contribution >= 4 is 17.7 Å². The summed E-state index contributed by atoms with van der Waals surface area (Å²) in [4.78, 5) is 13.3. The van der Waals surface area contributed by atoms with Gasteiger partial charge in [0.25, 0.3) is 0 Å². The van der Waals surface area contributed by atoms with E-state index >= 15 is 0 Å². The van der Waals surface area contributed by atoms with Crippen LogP contribution in [-0.4, -0.2) is 32.7 Å². The average molecular weight is 493 g/mol. The lowest BCUT2D eigenvalue weighted by atomic mass is 9.84. The Hall–Kier alpha value is -2.64. The predicted octanol–water partition coefficient (Wildman–Crippen LogP) is 4.99. The zero-order chi connectivity index (χ0) is 24.8. The third kappa shape index (κ3) is 4.89. The molecule has 2 heterocycles. The smallest absolute Gasteiger partial charge is 0.223 e. The standard InChI is InChI=1S/C28H33FN4OS/c1-27(2,30)20-6-4-5-18(15-20)25-23-12-7-19(26(34)31-28(3)13-14-35-17-28)16-24(23)33(32-25)22-10-8-21(29)9-11-22/h4-6,8-11,15,19H,7,12-14,16-17,30H2,1-3H3,(H,31,34). The molecule has 35 heavy (non-hydrogen) atoms. The highest BCUT2D eigenvalue weighted by Crippen LogP contribution is 2.37. The maximum Gasteiger partial charge on any atom is 0.223 e. The number of fused-ring (bicyclic) bond motifs is 1. The summed E-state index contributed by atoms with van der Waals surface area (Å²) in [6.45, 7) is 6.13. The molecule has 1 fully saturated rings. The van der Waals surface area contributed by atoms with Crippen LogP contribution in [0.15, 0.2) is 48.5 Å². The molecule has 0 bridgehead atoms. The summed E-state index contributed by atoms with van der Waals surface area (Å²) >= 11 is 1.89. The Balaban J connectivity index is 1.53. The van der Waals surface area contributed by atoms with Crippen LogP contribution in [0.3, 0.4) is 0 Å². The lowest BCUT2D eigenvalue weighted by Crippen LogP contribution is -2.49. The highest BCUT2D eigenvalue weighted by molar-refractivity contribution is 7.99. The molecule has 0 radical (unpaired) electrons. The molecule has 1 aliphatic heterocycles. The molecule has 5 rings (SSSR count). The van der Waals surface area contributed by atoms with E-state index in [9.17, 15) is 9.18 Å². The van der Waals surface area contributed by atoms with Crippen molar-refractivity contribution in [3.05, 3.63) is 71.2 Å². The first kappa shape index (κ1) is 24.1. The van der Waals surface area contributed by atoms with E-state index < -0.39 is 5.54 Å². The first-order chi connectivity index (χ1) is 16.6. The SMILES string of the molecule is CC1(NC(=O)C2CCc3c(-c4cccc(C(C)(C)N)c4)nn(-c4ccc(F)cc4)c3C2)CCSC1. The van der Waals surface area contributed by atoms with E-state index in [4.69, 9.17) is 10.8 Å². The molecular formula is C28H33FN4OS. The summed E-state index contributed by atoms with van der Waals surface area (Å²) in [5.41, 5.74) is 11.7. The molecule has 2 aromatic carbocycles. The fraction of sp³-hybridized carbons (Fsp3) is 0.429. The number of nitrogens with zero attached hydrogens (tertiary/aromatic N) is 2. The molecule has 5 nitrogen and oxygen atoms in total. The largest absolute Gasteiger partial charge is 0.350 e. The molecule has 0 saturated carbocycles. The third-order valence-electron chi connectivity index (χ3n) is 7.24. The van der Waals surface area contributed by atoms with Gasteiger partial charge in [-0.05, 0) is 81.7 Å². The number of carbonyl (C=O) groups excluding carboxylic acids is 1. The van der Waals surface area contributed by atoms with E-state index in [-0.39, 0.29) is 23.2 Å². The van der Waals surface area contributed by atoms with E-state index in [0.29, 0.717) is 6.42 Å². The number of rotatable bonds is 5. The predicted molar refractivity (Wildman–Crippen MR) is 140 cm³/mol. The van der Waals surface area contributed by atoms with Gasteiger partial charge in [-0.1, -0.05) is 18.2 Å². The van der Waals surface area contributed by atoms with Crippen LogP contribution in [-0.2, 0) is 23.2 Å². The highest BCUT2D eigenvalue weighted by atomic mass is 32.2. The molecule has 1 aromatic heterocycles. The van der Waals surface area contributed by atoms with Crippen molar-refractivity contribution in [1.82, 2.24) is 15.1 Å². The average Bonchev–Trinajstić information content (AvgIpc) is 3.42. The summed E-state index contributed by atoms with van der Waals surface area (Å²) in [6, 6.07) is 14.6. The Morgan fingerprint density at radius 1 is 1.26 bits per heavy atom. The van der Waals surface area contributed by atoms with Gasteiger partial charge in [-0.15, -0.1) is 0 Å². The van der Waals surface area contributed by atoms with Crippen molar-refractivity contribution in [3.8, 4) is 16.9 Å². The van der Waals surface area contributed by atoms with Crippen LogP contribution < -0.4 is 11.1 Å². The van der Waals surface area contributed by atoms with Gasteiger partial charge in [0, 0.05) is 46.0 Å². The van der Waals surface area contributed by atoms with E-state index in [1.54, 1.807) is 12.1 Å². The fourth-order valence-electron chi connectivity index (χ4n) is 5.10. The van der Waals surface area contributed by atoms with E-state index in [1.165, 1.54) is 12.1 Å². The van der Waals surface area contributed by atoms with Crippen LogP contribution >= 0.6 is 11.8 Å². The number of nitrogens with one attached hydrogen (secondary N) is 1. The lowest BCUT2D eigenvalue weighted by molar-refractivity contribution is -0.126. The molecule has 184 valence electrons. The van der Waals surface area contributed by atoms with Crippen molar-refractivity contribution in [1.29, 1.82) is 0 Å². The number of aromatic nitrogens is 2. The van der Waals surface area contributed by atoms with Crippen LogP contribution in [0, 0.1) is 11.7 Å². The molecule has 3 aromatic rings. The zero-order valence-electron chi connectivity index (χ0n) is 20.6. The van der Waals surface area contributed by atoms with Crippen molar-refractivity contribution < 1.29 is 9.18 Å².